The second-order valence-corrected chi connectivity index (χ2v) is 8.97. The third kappa shape index (κ3) is 7.07. The van der Waals surface area contributed by atoms with Crippen LogP contribution in [0.4, 0.5) is 5.69 Å². The average Bonchev–Trinajstić information content (AvgIpc) is 2.88. The summed E-state index contributed by atoms with van der Waals surface area (Å²) in [7, 11) is 0. The summed E-state index contributed by atoms with van der Waals surface area (Å²) < 4.78 is 5.30. The molecule has 3 rings (SSSR count). The summed E-state index contributed by atoms with van der Waals surface area (Å²) in [5.41, 5.74) is 11.5. The molecule has 0 bridgehead atoms. The molecule has 2 aromatic carbocycles. The third-order valence-electron chi connectivity index (χ3n) is 6.46. The number of hydrogen-bond acceptors (Lipinski definition) is 5. The van der Waals surface area contributed by atoms with E-state index in [1.54, 1.807) is 25.1 Å². The van der Waals surface area contributed by atoms with Crippen molar-refractivity contribution in [2.45, 2.75) is 51.0 Å². The van der Waals surface area contributed by atoms with Gasteiger partial charge in [-0.2, -0.15) is 0 Å². The van der Waals surface area contributed by atoms with Gasteiger partial charge >= 0.3 is 5.97 Å². The fraction of sp³-hybridized carbons (Fsp3) is 0.407. The maximum absolute atomic E-state index is 13.2. The van der Waals surface area contributed by atoms with Crippen molar-refractivity contribution in [3.05, 3.63) is 65.7 Å². The Morgan fingerprint density at radius 2 is 1.75 bits per heavy atom. The lowest BCUT2D eigenvalue weighted by Crippen LogP contribution is -2.55. The molecular weight excluding hydrogens is 458 g/mol. The highest BCUT2D eigenvalue weighted by Gasteiger charge is 2.44. The van der Waals surface area contributed by atoms with E-state index >= 15 is 0 Å². The van der Waals surface area contributed by atoms with Crippen molar-refractivity contribution in [1.29, 1.82) is 0 Å². The first kappa shape index (κ1) is 26.7. The SMILES string of the molecule is CCOC(=O)CC(NC(=O)CNC(=O)c1cccc(N=C(N)N)c1)(c1ccccc1)C1CCCCC1. The van der Waals surface area contributed by atoms with E-state index in [-0.39, 0.29) is 43.3 Å². The van der Waals surface area contributed by atoms with Crippen LogP contribution in [-0.2, 0) is 19.9 Å². The molecule has 192 valence electrons. The van der Waals surface area contributed by atoms with Crippen LogP contribution in [0.2, 0.25) is 0 Å². The number of nitrogens with zero attached hydrogens (tertiary/aromatic N) is 1. The minimum Gasteiger partial charge on any atom is -0.466 e. The van der Waals surface area contributed by atoms with Crippen molar-refractivity contribution in [3.63, 3.8) is 0 Å². The minimum absolute atomic E-state index is 0.0236. The molecule has 0 aliphatic heterocycles. The van der Waals surface area contributed by atoms with Gasteiger partial charge in [-0.1, -0.05) is 55.7 Å². The van der Waals surface area contributed by atoms with Gasteiger partial charge in [0.25, 0.3) is 5.91 Å². The molecule has 0 saturated heterocycles. The summed E-state index contributed by atoms with van der Waals surface area (Å²) in [4.78, 5) is 42.6. The zero-order valence-corrected chi connectivity index (χ0v) is 20.7. The average molecular weight is 494 g/mol. The van der Waals surface area contributed by atoms with Crippen molar-refractivity contribution in [2.75, 3.05) is 13.2 Å². The highest BCUT2D eigenvalue weighted by atomic mass is 16.5. The van der Waals surface area contributed by atoms with Crippen molar-refractivity contribution < 1.29 is 19.1 Å². The van der Waals surface area contributed by atoms with Crippen molar-refractivity contribution in [1.82, 2.24) is 10.6 Å². The molecule has 0 aromatic heterocycles. The van der Waals surface area contributed by atoms with Crippen LogP contribution in [0.15, 0.2) is 59.6 Å². The Bertz CT molecular complexity index is 1080. The molecule has 1 aliphatic carbocycles. The van der Waals surface area contributed by atoms with Gasteiger partial charge in [0, 0.05) is 5.56 Å². The van der Waals surface area contributed by atoms with Crippen LogP contribution in [0, 0.1) is 5.92 Å². The number of benzene rings is 2. The molecule has 2 amide bonds. The van der Waals surface area contributed by atoms with E-state index in [0.717, 1.165) is 37.7 Å². The molecule has 9 heteroatoms. The summed E-state index contributed by atoms with van der Waals surface area (Å²) in [5, 5.41) is 5.80. The first-order chi connectivity index (χ1) is 17.3. The van der Waals surface area contributed by atoms with Crippen LogP contribution in [0.1, 0.15) is 61.4 Å². The quantitative estimate of drug-likeness (QED) is 0.227. The fourth-order valence-electron chi connectivity index (χ4n) is 4.89. The van der Waals surface area contributed by atoms with Gasteiger partial charge in [0.2, 0.25) is 5.91 Å². The summed E-state index contributed by atoms with van der Waals surface area (Å²) in [6, 6.07) is 16.0. The predicted octanol–water partition coefficient (Wildman–Crippen LogP) is 2.87. The highest BCUT2D eigenvalue weighted by molar-refractivity contribution is 5.97. The number of nitrogens with one attached hydrogen (secondary N) is 2. The fourth-order valence-corrected chi connectivity index (χ4v) is 4.89. The number of hydrogen-bond donors (Lipinski definition) is 4. The van der Waals surface area contributed by atoms with Crippen LogP contribution < -0.4 is 22.1 Å². The number of guanidine groups is 1. The summed E-state index contributed by atoms with van der Waals surface area (Å²) in [6.45, 7) is 1.77. The van der Waals surface area contributed by atoms with Gasteiger partial charge in [0.1, 0.15) is 0 Å². The number of amides is 2. The van der Waals surface area contributed by atoms with E-state index in [0.29, 0.717) is 11.3 Å². The number of aliphatic imine (C=N–C) groups is 1. The Kier molecular flexibility index (Phi) is 9.44. The normalized spacial score (nSPS) is 15.2. The number of nitrogens with two attached hydrogens (primary N) is 2. The topological polar surface area (TPSA) is 149 Å². The van der Waals surface area contributed by atoms with Gasteiger partial charge in [0.15, 0.2) is 5.96 Å². The number of rotatable bonds is 10. The number of carbonyl (C=O) groups is 3. The maximum Gasteiger partial charge on any atom is 0.308 e. The van der Waals surface area contributed by atoms with E-state index in [1.807, 2.05) is 30.3 Å². The Morgan fingerprint density at radius 1 is 1.03 bits per heavy atom. The first-order valence-electron chi connectivity index (χ1n) is 12.3. The molecule has 0 heterocycles. The summed E-state index contributed by atoms with van der Waals surface area (Å²) >= 11 is 0. The Morgan fingerprint density at radius 3 is 2.42 bits per heavy atom. The molecule has 2 aromatic rings. The molecule has 0 spiro atoms. The maximum atomic E-state index is 13.2. The van der Waals surface area contributed by atoms with Crippen molar-refractivity contribution >= 4 is 29.4 Å². The Labute approximate surface area is 211 Å². The van der Waals surface area contributed by atoms with Crippen molar-refractivity contribution in [3.8, 4) is 0 Å². The van der Waals surface area contributed by atoms with Gasteiger partial charge < -0.3 is 26.8 Å². The van der Waals surface area contributed by atoms with E-state index in [4.69, 9.17) is 16.2 Å². The zero-order chi connectivity index (χ0) is 26.0. The molecule has 1 fully saturated rings. The molecule has 1 unspecified atom stereocenters. The zero-order valence-electron chi connectivity index (χ0n) is 20.7. The standard InChI is InChI=1S/C27H35N5O4/c1-2-36-24(34)17-27(20-11-5-3-6-12-20,21-13-7-4-8-14-21)32-23(33)18-30-25(35)19-10-9-15-22(16-19)31-26(28)29/h3,5-6,9-12,15-16,21H,2,4,7-8,13-14,17-18H2,1H3,(H,30,35)(H,32,33)(H4,28,29,31). The lowest BCUT2D eigenvalue weighted by molar-refractivity contribution is -0.146. The predicted molar refractivity (Wildman–Crippen MR) is 138 cm³/mol. The van der Waals surface area contributed by atoms with Gasteiger partial charge in [-0.15, -0.1) is 0 Å². The lowest BCUT2D eigenvalue weighted by atomic mass is 9.69. The second kappa shape index (κ2) is 12.7. The molecule has 1 atom stereocenters. The monoisotopic (exact) mass is 493 g/mol. The summed E-state index contributed by atoms with van der Waals surface area (Å²) in [5.74, 6) is -1.25. The number of carbonyl (C=O) groups excluding carboxylic acids is 3. The molecular formula is C27H35N5O4. The molecule has 36 heavy (non-hydrogen) atoms. The third-order valence-corrected chi connectivity index (χ3v) is 6.46. The second-order valence-electron chi connectivity index (χ2n) is 8.97. The molecule has 1 saturated carbocycles. The largest absolute Gasteiger partial charge is 0.466 e. The van der Waals surface area contributed by atoms with Gasteiger partial charge in [-0.25, -0.2) is 4.99 Å². The van der Waals surface area contributed by atoms with E-state index in [1.165, 1.54) is 6.07 Å². The first-order valence-corrected chi connectivity index (χ1v) is 12.3. The Balaban J connectivity index is 1.81. The highest BCUT2D eigenvalue weighted by Crippen LogP contribution is 2.42. The van der Waals surface area contributed by atoms with Crippen LogP contribution in [0.5, 0.6) is 0 Å². The molecule has 0 radical (unpaired) electrons. The van der Waals surface area contributed by atoms with E-state index in [9.17, 15) is 14.4 Å². The van der Waals surface area contributed by atoms with Crippen LogP contribution >= 0.6 is 0 Å². The molecule has 6 N–H and O–H groups in total. The van der Waals surface area contributed by atoms with Gasteiger partial charge in [0.05, 0.1) is 30.8 Å². The number of esters is 1. The number of ether oxygens (including phenoxy) is 1. The summed E-state index contributed by atoms with van der Waals surface area (Å²) in [6.07, 6.45) is 4.98. The minimum atomic E-state index is -0.928. The molecule has 9 nitrogen and oxygen atoms in total. The Hall–Kier alpha value is -3.88. The van der Waals surface area contributed by atoms with Gasteiger partial charge in [-0.05, 0) is 49.4 Å². The van der Waals surface area contributed by atoms with Crippen LogP contribution in [0.3, 0.4) is 0 Å². The van der Waals surface area contributed by atoms with E-state index < -0.39 is 11.4 Å². The van der Waals surface area contributed by atoms with Crippen LogP contribution in [0.25, 0.3) is 0 Å². The van der Waals surface area contributed by atoms with Gasteiger partial charge in [-0.3, -0.25) is 14.4 Å². The lowest BCUT2D eigenvalue weighted by Gasteiger charge is -2.43. The van der Waals surface area contributed by atoms with E-state index in [2.05, 4.69) is 15.6 Å². The van der Waals surface area contributed by atoms with Crippen molar-refractivity contribution in [2.24, 2.45) is 22.4 Å². The van der Waals surface area contributed by atoms with Crippen LogP contribution in [-0.4, -0.2) is 36.9 Å². The smallest absolute Gasteiger partial charge is 0.308 e. The molecule has 1 aliphatic rings.